The van der Waals surface area contributed by atoms with E-state index in [-0.39, 0.29) is 11.9 Å². The van der Waals surface area contributed by atoms with Gasteiger partial charge in [0.05, 0.1) is 11.6 Å². The molecule has 0 aromatic carbocycles. The molecule has 2 rings (SSSR count). The molecule has 2 heterocycles. The number of piperazine rings is 1. The molecule has 1 saturated heterocycles. The highest BCUT2D eigenvalue weighted by atomic mass is 32.1. The summed E-state index contributed by atoms with van der Waals surface area (Å²) in [5, 5.41) is 14.2. The van der Waals surface area contributed by atoms with E-state index in [1.54, 1.807) is 6.07 Å². The molecule has 1 N–H and O–H groups in total. The fourth-order valence-electron chi connectivity index (χ4n) is 2.09. The van der Waals surface area contributed by atoms with Crippen LogP contribution in [0, 0.1) is 11.3 Å². The molecule has 0 spiro atoms. The number of rotatable bonds is 3. The number of nitrogens with one attached hydrogen (secondary N) is 1. The third kappa shape index (κ3) is 3.32. The molecule has 1 aliphatic rings. The largest absolute Gasteiger partial charge is 0.315 e. The smallest absolute Gasteiger partial charge is 0.242 e. The highest BCUT2D eigenvalue weighted by Crippen LogP contribution is 2.22. The summed E-state index contributed by atoms with van der Waals surface area (Å²) in [6.45, 7) is 5.70. The van der Waals surface area contributed by atoms with E-state index < -0.39 is 0 Å². The molecule has 0 aliphatic carbocycles. The predicted octanol–water partition coefficient (Wildman–Crippen LogP) is 1.19. The number of nitriles is 1. The van der Waals surface area contributed by atoms with Crippen molar-refractivity contribution in [3.63, 3.8) is 0 Å². The van der Waals surface area contributed by atoms with Gasteiger partial charge in [0.1, 0.15) is 11.1 Å². The molecule has 19 heavy (non-hydrogen) atoms. The zero-order valence-electron chi connectivity index (χ0n) is 11.2. The van der Waals surface area contributed by atoms with Gasteiger partial charge in [-0.2, -0.15) is 5.26 Å². The third-order valence-corrected chi connectivity index (χ3v) is 4.32. The summed E-state index contributed by atoms with van der Waals surface area (Å²) in [4.78, 5) is 16.6. The van der Waals surface area contributed by atoms with Gasteiger partial charge in [0.15, 0.2) is 0 Å². The van der Waals surface area contributed by atoms with Crippen LogP contribution in [0.4, 0.5) is 5.00 Å². The molecule has 1 atom stereocenters. The first-order chi connectivity index (χ1) is 9.11. The molecule has 1 amide bonds. The lowest BCUT2D eigenvalue weighted by Crippen LogP contribution is -2.51. The average Bonchev–Trinajstić information content (AvgIpc) is 2.86. The van der Waals surface area contributed by atoms with Crippen molar-refractivity contribution in [3.8, 4) is 6.07 Å². The molecule has 1 aromatic heterocycles. The minimum absolute atomic E-state index is 0.0384. The predicted molar refractivity (Wildman–Crippen MR) is 76.2 cm³/mol. The molecule has 0 radical (unpaired) electrons. The van der Waals surface area contributed by atoms with Gasteiger partial charge in [-0.25, -0.2) is 0 Å². The van der Waals surface area contributed by atoms with E-state index in [0.717, 1.165) is 26.2 Å². The van der Waals surface area contributed by atoms with Crippen molar-refractivity contribution < 1.29 is 4.79 Å². The molecule has 1 aromatic rings. The SMILES string of the molecule is C[C@H](C(=O)Nc1sccc1C#N)N1CCN(C)CC1. The number of carbonyl (C=O) groups is 1. The quantitative estimate of drug-likeness (QED) is 0.902. The van der Waals surface area contributed by atoms with E-state index in [0.29, 0.717) is 10.6 Å². The van der Waals surface area contributed by atoms with Gasteiger partial charge in [-0.1, -0.05) is 0 Å². The van der Waals surface area contributed by atoms with Gasteiger partial charge in [-0.05, 0) is 25.4 Å². The van der Waals surface area contributed by atoms with Crippen LogP contribution >= 0.6 is 11.3 Å². The fourth-order valence-corrected chi connectivity index (χ4v) is 2.83. The summed E-state index contributed by atoms with van der Waals surface area (Å²) in [7, 11) is 2.09. The first kappa shape index (κ1) is 14.0. The van der Waals surface area contributed by atoms with E-state index >= 15 is 0 Å². The monoisotopic (exact) mass is 278 g/mol. The van der Waals surface area contributed by atoms with Crippen LogP contribution in [-0.2, 0) is 4.79 Å². The van der Waals surface area contributed by atoms with Crippen LogP contribution < -0.4 is 5.32 Å². The molecule has 1 fully saturated rings. The van der Waals surface area contributed by atoms with Gasteiger partial charge in [0.25, 0.3) is 0 Å². The number of hydrogen-bond acceptors (Lipinski definition) is 5. The van der Waals surface area contributed by atoms with Crippen molar-refractivity contribution in [1.29, 1.82) is 5.26 Å². The van der Waals surface area contributed by atoms with Crippen molar-refractivity contribution in [1.82, 2.24) is 9.80 Å². The Kier molecular flexibility index (Phi) is 4.53. The number of amides is 1. The number of anilines is 1. The maximum absolute atomic E-state index is 12.2. The zero-order valence-corrected chi connectivity index (χ0v) is 12.0. The normalized spacial score (nSPS) is 18.8. The number of likely N-dealkylation sites (N-methyl/N-ethyl adjacent to an activating group) is 1. The Hall–Kier alpha value is -1.42. The van der Waals surface area contributed by atoms with Crippen LogP contribution in [-0.4, -0.2) is 55.0 Å². The Morgan fingerprint density at radius 3 is 2.79 bits per heavy atom. The van der Waals surface area contributed by atoms with Crippen molar-refractivity contribution in [2.75, 3.05) is 38.5 Å². The van der Waals surface area contributed by atoms with E-state index in [4.69, 9.17) is 5.26 Å². The molecular formula is C13H18N4OS. The number of carbonyl (C=O) groups excluding carboxylic acids is 1. The Morgan fingerprint density at radius 2 is 2.16 bits per heavy atom. The molecule has 0 unspecified atom stereocenters. The van der Waals surface area contributed by atoms with Crippen molar-refractivity contribution in [2.24, 2.45) is 0 Å². The molecule has 0 saturated carbocycles. The minimum Gasteiger partial charge on any atom is -0.315 e. The summed E-state index contributed by atoms with van der Waals surface area (Å²) in [5.41, 5.74) is 0.531. The second-order valence-corrected chi connectivity index (χ2v) is 5.70. The van der Waals surface area contributed by atoms with E-state index in [9.17, 15) is 4.79 Å². The first-order valence-corrected chi connectivity index (χ1v) is 7.21. The Labute approximate surface area is 117 Å². The Bertz CT molecular complexity index is 485. The van der Waals surface area contributed by atoms with Crippen LogP contribution in [0.5, 0.6) is 0 Å². The molecular weight excluding hydrogens is 260 g/mol. The second kappa shape index (κ2) is 6.15. The van der Waals surface area contributed by atoms with Crippen LogP contribution in [0.25, 0.3) is 0 Å². The van der Waals surface area contributed by atoms with Crippen LogP contribution in [0.1, 0.15) is 12.5 Å². The Morgan fingerprint density at radius 1 is 1.47 bits per heavy atom. The summed E-state index contributed by atoms with van der Waals surface area (Å²) >= 11 is 1.39. The fraction of sp³-hybridized carbons (Fsp3) is 0.538. The molecule has 102 valence electrons. The van der Waals surface area contributed by atoms with Crippen LogP contribution in [0.15, 0.2) is 11.4 Å². The van der Waals surface area contributed by atoms with E-state index in [1.165, 1.54) is 11.3 Å². The van der Waals surface area contributed by atoms with Gasteiger partial charge < -0.3 is 10.2 Å². The van der Waals surface area contributed by atoms with Gasteiger partial charge in [-0.15, -0.1) is 11.3 Å². The number of nitrogens with zero attached hydrogens (tertiary/aromatic N) is 3. The van der Waals surface area contributed by atoms with Gasteiger partial charge >= 0.3 is 0 Å². The van der Waals surface area contributed by atoms with E-state index in [2.05, 4.69) is 28.2 Å². The topological polar surface area (TPSA) is 59.4 Å². The van der Waals surface area contributed by atoms with Crippen molar-refractivity contribution in [3.05, 3.63) is 17.0 Å². The molecule has 6 heteroatoms. The highest BCUT2D eigenvalue weighted by Gasteiger charge is 2.24. The van der Waals surface area contributed by atoms with Crippen molar-refractivity contribution in [2.45, 2.75) is 13.0 Å². The van der Waals surface area contributed by atoms with Crippen molar-refractivity contribution >= 4 is 22.2 Å². The molecule has 1 aliphatic heterocycles. The summed E-state index contributed by atoms with van der Waals surface area (Å²) in [6, 6.07) is 3.64. The number of hydrogen-bond donors (Lipinski definition) is 1. The maximum atomic E-state index is 12.2. The first-order valence-electron chi connectivity index (χ1n) is 6.33. The summed E-state index contributed by atoms with van der Waals surface area (Å²) in [5.74, 6) is -0.0384. The third-order valence-electron chi connectivity index (χ3n) is 3.49. The van der Waals surface area contributed by atoms with Crippen LogP contribution in [0.3, 0.4) is 0 Å². The average molecular weight is 278 g/mol. The zero-order chi connectivity index (χ0) is 13.8. The lowest BCUT2D eigenvalue weighted by Gasteiger charge is -2.35. The standard InChI is InChI=1S/C13H18N4OS/c1-10(17-6-4-16(2)5-7-17)12(18)15-13-11(9-14)3-8-19-13/h3,8,10H,4-7H2,1-2H3,(H,15,18)/t10-/m1/s1. The maximum Gasteiger partial charge on any atom is 0.242 e. The molecule has 0 bridgehead atoms. The number of thiophene rings is 1. The van der Waals surface area contributed by atoms with Gasteiger partial charge in [-0.3, -0.25) is 9.69 Å². The summed E-state index contributed by atoms with van der Waals surface area (Å²) in [6.07, 6.45) is 0. The minimum atomic E-state index is -0.164. The summed E-state index contributed by atoms with van der Waals surface area (Å²) < 4.78 is 0. The highest BCUT2D eigenvalue weighted by molar-refractivity contribution is 7.14. The van der Waals surface area contributed by atoms with Gasteiger partial charge in [0, 0.05) is 26.2 Å². The Balaban J connectivity index is 1.95. The van der Waals surface area contributed by atoms with Crippen LogP contribution in [0.2, 0.25) is 0 Å². The lowest BCUT2D eigenvalue weighted by molar-refractivity contribution is -0.121. The van der Waals surface area contributed by atoms with Gasteiger partial charge in [0.2, 0.25) is 5.91 Å². The molecule has 5 nitrogen and oxygen atoms in total. The second-order valence-electron chi connectivity index (χ2n) is 4.78. The lowest BCUT2D eigenvalue weighted by atomic mass is 10.2. The van der Waals surface area contributed by atoms with E-state index in [1.807, 2.05) is 12.3 Å².